The van der Waals surface area contributed by atoms with Crippen molar-refractivity contribution in [1.29, 1.82) is 0 Å². The zero-order chi connectivity index (χ0) is 29.8. The molecule has 0 aromatic heterocycles. The molecule has 1 aromatic carbocycles. The predicted molar refractivity (Wildman–Crippen MR) is 168 cm³/mol. The van der Waals surface area contributed by atoms with Gasteiger partial charge in [0.25, 0.3) is 0 Å². The second-order valence-electron chi connectivity index (χ2n) is 9.33. The molecule has 2 unspecified atom stereocenters. The van der Waals surface area contributed by atoms with Gasteiger partial charge in [0.05, 0.1) is 6.54 Å². The Labute approximate surface area is 250 Å². The first-order valence-electron chi connectivity index (χ1n) is 13.1. The van der Waals surface area contributed by atoms with Gasteiger partial charge in [-0.05, 0) is 55.7 Å². The van der Waals surface area contributed by atoms with Crippen LogP contribution in [0, 0.1) is 5.82 Å². The van der Waals surface area contributed by atoms with Gasteiger partial charge in [-0.15, -0.1) is 0 Å². The minimum atomic E-state index is -1.26. The van der Waals surface area contributed by atoms with Crippen molar-refractivity contribution in [3.05, 3.63) is 105 Å². The number of allylic oxidation sites excluding steroid dienone is 3. The lowest BCUT2D eigenvalue weighted by atomic mass is 10.1. The van der Waals surface area contributed by atoms with Gasteiger partial charge in [-0.2, -0.15) is 5.53 Å². The average molecular weight is 603 g/mol. The minimum Gasteiger partial charge on any atom is -0.398 e. The maximum absolute atomic E-state index is 13.0. The highest BCUT2D eigenvalue weighted by atomic mass is 35.5. The number of amidine groups is 1. The number of rotatable bonds is 10. The molecule has 5 N–H and O–H groups in total. The van der Waals surface area contributed by atoms with E-state index in [1.165, 1.54) is 25.3 Å². The van der Waals surface area contributed by atoms with Crippen molar-refractivity contribution in [2.75, 3.05) is 26.7 Å². The molecule has 0 spiro atoms. The number of hydrogen-bond acceptors (Lipinski definition) is 9. The Bertz CT molecular complexity index is 1270. The van der Waals surface area contributed by atoms with Gasteiger partial charge < -0.3 is 21.0 Å². The van der Waals surface area contributed by atoms with Crippen LogP contribution in [0.2, 0.25) is 5.02 Å². The van der Waals surface area contributed by atoms with E-state index in [1.807, 2.05) is 37.7 Å². The molecule has 41 heavy (non-hydrogen) atoms. The van der Waals surface area contributed by atoms with E-state index < -0.39 is 6.30 Å². The van der Waals surface area contributed by atoms with Crippen molar-refractivity contribution in [2.45, 2.75) is 32.6 Å². The predicted octanol–water partition coefficient (Wildman–Crippen LogP) is 5.16. The Kier molecular flexibility index (Phi) is 12.7. The molecule has 2 atom stereocenters. The number of nitrogens with one attached hydrogen (secondary N) is 3. The SMILES string of the molecule is C=C(S/C=C\C)C1=NCC(/C(N)=C/C=N/C(C)F)=C2CC(NNNC3=CCN(C)C=C3)CN12.Fc1cccc(Cl)c1. The maximum Gasteiger partial charge on any atom is 0.187 e. The lowest BCUT2D eigenvalue weighted by Gasteiger charge is -2.29. The number of alkyl halides is 1. The van der Waals surface area contributed by atoms with Gasteiger partial charge in [0.15, 0.2) is 6.30 Å². The van der Waals surface area contributed by atoms with Gasteiger partial charge in [0.2, 0.25) is 0 Å². The standard InChI is InChI=1S/C23H33FN8S.C6H4ClF/c1-5-12-33-16(2)23-27-14-20(21(25)6-9-26-17(3)24)22-13-19(15-32(22)23)29-30-28-18-7-10-31(4)11-8-18;7-5-2-1-3-6(8)4-5/h5-10,12,17,19,28-30H,2,11,13-15,25H2,1,3-4H3;1-4H/b12-5-,21-6-,26-9+;. The molecule has 1 saturated heterocycles. The van der Waals surface area contributed by atoms with E-state index in [-0.39, 0.29) is 11.9 Å². The van der Waals surface area contributed by atoms with Crippen molar-refractivity contribution in [1.82, 2.24) is 26.2 Å². The molecule has 0 saturated carbocycles. The van der Waals surface area contributed by atoms with Crippen molar-refractivity contribution in [3.63, 3.8) is 0 Å². The highest BCUT2D eigenvalue weighted by Gasteiger charge is 2.35. The second-order valence-corrected chi connectivity index (χ2v) is 10.8. The molecule has 12 heteroatoms. The molecular formula is C29H37ClF2N8S. The van der Waals surface area contributed by atoms with Crippen molar-refractivity contribution in [3.8, 4) is 0 Å². The number of hydrazine groups is 2. The smallest absolute Gasteiger partial charge is 0.187 e. The van der Waals surface area contributed by atoms with E-state index in [2.05, 4.69) is 43.8 Å². The van der Waals surface area contributed by atoms with Gasteiger partial charge in [0, 0.05) is 77.6 Å². The zero-order valence-corrected chi connectivity index (χ0v) is 25.0. The Morgan fingerprint density at radius 2 is 2.20 bits per heavy atom. The second kappa shape index (κ2) is 16.2. The molecular weight excluding hydrogens is 566 g/mol. The summed E-state index contributed by atoms with van der Waals surface area (Å²) in [4.78, 5) is 13.7. The normalized spacial score (nSPS) is 19.7. The highest BCUT2D eigenvalue weighted by molar-refractivity contribution is 8.06. The molecule has 4 rings (SSSR count). The van der Waals surface area contributed by atoms with Crippen LogP contribution in [0.25, 0.3) is 0 Å². The lowest BCUT2D eigenvalue weighted by Crippen LogP contribution is -2.49. The Morgan fingerprint density at radius 1 is 1.39 bits per heavy atom. The Balaban J connectivity index is 0.000000496. The molecule has 3 aliphatic heterocycles. The first-order valence-corrected chi connectivity index (χ1v) is 14.3. The number of likely N-dealkylation sites (N-methyl/N-ethyl adjacent to an activating group) is 1. The number of benzene rings is 1. The molecule has 0 bridgehead atoms. The summed E-state index contributed by atoms with van der Waals surface area (Å²) >= 11 is 6.96. The molecule has 8 nitrogen and oxygen atoms in total. The summed E-state index contributed by atoms with van der Waals surface area (Å²) in [6, 6.07) is 5.93. The molecule has 1 aromatic rings. The zero-order valence-electron chi connectivity index (χ0n) is 23.4. The number of hydrogen-bond donors (Lipinski definition) is 4. The summed E-state index contributed by atoms with van der Waals surface area (Å²) in [5.41, 5.74) is 19.6. The fourth-order valence-electron chi connectivity index (χ4n) is 4.05. The summed E-state index contributed by atoms with van der Waals surface area (Å²) in [7, 11) is 2.03. The van der Waals surface area contributed by atoms with Crippen LogP contribution < -0.4 is 22.1 Å². The van der Waals surface area contributed by atoms with Crippen LogP contribution in [0.15, 0.2) is 104 Å². The van der Waals surface area contributed by atoms with Crippen molar-refractivity contribution < 1.29 is 8.78 Å². The molecule has 0 amide bonds. The number of fused-ring (bicyclic) bond motifs is 1. The first kappa shape index (κ1) is 32.1. The molecule has 3 heterocycles. The largest absolute Gasteiger partial charge is 0.398 e. The third-order valence-corrected chi connectivity index (χ3v) is 7.14. The van der Waals surface area contributed by atoms with Crippen LogP contribution in [0.4, 0.5) is 8.78 Å². The van der Waals surface area contributed by atoms with E-state index in [0.29, 0.717) is 23.8 Å². The van der Waals surface area contributed by atoms with Gasteiger partial charge >= 0.3 is 0 Å². The van der Waals surface area contributed by atoms with Crippen LogP contribution in [0.5, 0.6) is 0 Å². The van der Waals surface area contributed by atoms with E-state index >= 15 is 0 Å². The van der Waals surface area contributed by atoms with E-state index in [1.54, 1.807) is 30.0 Å². The van der Waals surface area contributed by atoms with E-state index in [4.69, 9.17) is 22.3 Å². The van der Waals surface area contributed by atoms with Crippen LogP contribution >= 0.6 is 23.4 Å². The number of aliphatic imine (C=N–C) groups is 2. The first-order chi connectivity index (χ1) is 19.7. The van der Waals surface area contributed by atoms with Crippen LogP contribution in [0.1, 0.15) is 20.3 Å². The minimum absolute atomic E-state index is 0.119. The number of nitrogens with two attached hydrogens (primary N) is 1. The Hall–Kier alpha value is -3.38. The third-order valence-electron chi connectivity index (χ3n) is 6.03. The lowest BCUT2D eigenvalue weighted by molar-refractivity contribution is 0.378. The fraction of sp³-hybridized carbons (Fsp3) is 0.310. The van der Waals surface area contributed by atoms with E-state index in [9.17, 15) is 8.78 Å². The van der Waals surface area contributed by atoms with Gasteiger partial charge in [-0.1, -0.05) is 42.1 Å². The topological polar surface area (TPSA) is 93.3 Å². The average Bonchev–Trinajstić information content (AvgIpc) is 3.36. The number of nitrogens with zero attached hydrogens (tertiary/aromatic N) is 4. The third kappa shape index (κ3) is 10.2. The fourth-order valence-corrected chi connectivity index (χ4v) is 4.81. The van der Waals surface area contributed by atoms with Gasteiger partial charge in [-0.3, -0.25) is 9.98 Å². The Morgan fingerprint density at radius 3 is 2.83 bits per heavy atom. The summed E-state index contributed by atoms with van der Waals surface area (Å²) in [5, 5.41) is 2.43. The highest BCUT2D eigenvalue weighted by Crippen LogP contribution is 2.34. The molecule has 0 aliphatic carbocycles. The number of halogens is 3. The van der Waals surface area contributed by atoms with Crippen LogP contribution in [-0.4, -0.2) is 60.9 Å². The summed E-state index contributed by atoms with van der Waals surface area (Å²) in [6.07, 6.45) is 10.7. The summed E-state index contributed by atoms with van der Waals surface area (Å²) in [5.74, 6) is 0.561. The molecule has 220 valence electrons. The van der Waals surface area contributed by atoms with Crippen LogP contribution in [0.3, 0.4) is 0 Å². The van der Waals surface area contributed by atoms with Crippen molar-refractivity contribution >= 4 is 35.4 Å². The molecule has 1 fully saturated rings. The summed E-state index contributed by atoms with van der Waals surface area (Å²) < 4.78 is 25.1. The monoisotopic (exact) mass is 602 g/mol. The van der Waals surface area contributed by atoms with Gasteiger partial charge in [-0.25, -0.2) is 14.2 Å². The quantitative estimate of drug-likeness (QED) is 0.167. The van der Waals surface area contributed by atoms with Crippen molar-refractivity contribution in [2.24, 2.45) is 15.7 Å². The maximum atomic E-state index is 13.0. The van der Waals surface area contributed by atoms with Crippen LogP contribution in [-0.2, 0) is 0 Å². The van der Waals surface area contributed by atoms with Gasteiger partial charge in [0.1, 0.15) is 11.7 Å². The van der Waals surface area contributed by atoms with E-state index in [0.717, 1.165) is 40.7 Å². The molecule has 3 aliphatic rings. The summed E-state index contributed by atoms with van der Waals surface area (Å²) in [6.45, 7) is 9.57. The molecule has 0 radical (unpaired) electrons. The number of thioether (sulfide) groups is 1.